The van der Waals surface area contributed by atoms with Gasteiger partial charge in [0.2, 0.25) is 0 Å². The largest absolute Gasteiger partial charge is 0.508 e. The first-order valence-corrected chi connectivity index (χ1v) is 10.4. The van der Waals surface area contributed by atoms with Crippen LogP contribution in [0.2, 0.25) is 0 Å². The number of aromatic nitrogens is 5. The first-order valence-electron chi connectivity index (χ1n) is 10.4. The van der Waals surface area contributed by atoms with Crippen LogP contribution in [-0.4, -0.2) is 30.3 Å². The van der Waals surface area contributed by atoms with Gasteiger partial charge < -0.3 is 10.1 Å². The molecule has 0 saturated carbocycles. The Labute approximate surface area is 187 Å². The summed E-state index contributed by atoms with van der Waals surface area (Å²) < 4.78 is 13.4. The summed E-state index contributed by atoms with van der Waals surface area (Å²) in [6, 6.07) is 17.6. The molecule has 160 valence electrons. The summed E-state index contributed by atoms with van der Waals surface area (Å²) >= 11 is 0. The van der Waals surface area contributed by atoms with E-state index in [-0.39, 0.29) is 11.6 Å². The molecule has 0 aliphatic carbocycles. The van der Waals surface area contributed by atoms with E-state index < -0.39 is 0 Å². The number of hydrogen-bond acceptors (Lipinski definition) is 4. The molecular formula is C26H18FN5O. The van der Waals surface area contributed by atoms with Gasteiger partial charge in [0.25, 0.3) is 0 Å². The third-order valence-corrected chi connectivity index (χ3v) is 5.72. The SMILES string of the molecule is Cc1cc(O)cc(-c2ccc3[nH]nc(-c4cc5c(-c6ccc(F)cc6)cncc5[nH]4)c3n2)c1. The van der Waals surface area contributed by atoms with Gasteiger partial charge in [-0.2, -0.15) is 5.10 Å². The summed E-state index contributed by atoms with van der Waals surface area (Å²) in [6.07, 6.45) is 3.53. The monoisotopic (exact) mass is 435 g/mol. The molecule has 33 heavy (non-hydrogen) atoms. The van der Waals surface area contributed by atoms with Crippen LogP contribution >= 0.6 is 0 Å². The topological polar surface area (TPSA) is 90.5 Å². The van der Waals surface area contributed by atoms with E-state index in [2.05, 4.69) is 20.2 Å². The minimum atomic E-state index is -0.277. The van der Waals surface area contributed by atoms with Crippen molar-refractivity contribution in [2.45, 2.75) is 6.92 Å². The number of hydrogen-bond donors (Lipinski definition) is 3. The van der Waals surface area contributed by atoms with Crippen LogP contribution in [0, 0.1) is 12.7 Å². The zero-order valence-corrected chi connectivity index (χ0v) is 17.6. The van der Waals surface area contributed by atoms with Crippen LogP contribution in [-0.2, 0) is 0 Å². The fourth-order valence-electron chi connectivity index (χ4n) is 4.20. The van der Waals surface area contributed by atoms with Gasteiger partial charge in [0.1, 0.15) is 22.8 Å². The first kappa shape index (κ1) is 19.2. The predicted molar refractivity (Wildman–Crippen MR) is 126 cm³/mol. The summed E-state index contributed by atoms with van der Waals surface area (Å²) in [5.41, 5.74) is 8.17. The second-order valence-corrected chi connectivity index (χ2v) is 8.06. The Morgan fingerprint density at radius 3 is 2.55 bits per heavy atom. The van der Waals surface area contributed by atoms with Crippen molar-refractivity contribution in [1.29, 1.82) is 0 Å². The molecule has 0 amide bonds. The number of fused-ring (bicyclic) bond motifs is 2. The van der Waals surface area contributed by atoms with E-state index >= 15 is 0 Å². The van der Waals surface area contributed by atoms with E-state index in [1.54, 1.807) is 36.7 Å². The van der Waals surface area contributed by atoms with E-state index in [9.17, 15) is 9.50 Å². The number of nitrogens with zero attached hydrogens (tertiary/aromatic N) is 3. The van der Waals surface area contributed by atoms with Crippen LogP contribution in [0.25, 0.3) is 55.7 Å². The molecule has 0 aliphatic heterocycles. The number of benzene rings is 2. The van der Waals surface area contributed by atoms with Gasteiger partial charge in [-0.1, -0.05) is 12.1 Å². The maximum Gasteiger partial charge on any atom is 0.135 e. The van der Waals surface area contributed by atoms with Gasteiger partial charge in [-0.05, 0) is 66.6 Å². The van der Waals surface area contributed by atoms with Crippen molar-refractivity contribution >= 4 is 21.9 Å². The molecule has 0 aliphatic rings. The van der Waals surface area contributed by atoms with Crippen molar-refractivity contribution in [3.05, 3.63) is 84.4 Å². The summed E-state index contributed by atoms with van der Waals surface area (Å²) in [4.78, 5) is 12.6. The molecule has 6 nitrogen and oxygen atoms in total. The van der Waals surface area contributed by atoms with Gasteiger partial charge in [0.15, 0.2) is 0 Å². The molecule has 7 heteroatoms. The number of rotatable bonds is 3. The highest BCUT2D eigenvalue weighted by Crippen LogP contribution is 2.34. The number of aromatic amines is 2. The van der Waals surface area contributed by atoms with Crippen LogP contribution in [0.3, 0.4) is 0 Å². The Bertz CT molecular complexity index is 1630. The minimum absolute atomic E-state index is 0.204. The lowest BCUT2D eigenvalue weighted by molar-refractivity contribution is 0.475. The molecule has 0 radical (unpaired) electrons. The number of H-pyrrole nitrogens is 2. The van der Waals surface area contributed by atoms with Crippen LogP contribution < -0.4 is 0 Å². The number of pyridine rings is 2. The van der Waals surface area contributed by atoms with Crippen molar-refractivity contribution in [3.63, 3.8) is 0 Å². The number of phenols is 1. The molecule has 3 N–H and O–H groups in total. The lowest BCUT2D eigenvalue weighted by Crippen LogP contribution is -1.87. The lowest BCUT2D eigenvalue weighted by atomic mass is 10.0. The van der Waals surface area contributed by atoms with Crippen molar-refractivity contribution in [3.8, 4) is 39.5 Å². The average Bonchev–Trinajstić information content (AvgIpc) is 3.42. The quantitative estimate of drug-likeness (QED) is 0.319. The number of halogens is 1. The Kier molecular flexibility index (Phi) is 4.23. The number of aromatic hydroxyl groups is 1. The minimum Gasteiger partial charge on any atom is -0.508 e. The molecule has 2 aromatic carbocycles. The second-order valence-electron chi connectivity index (χ2n) is 8.06. The average molecular weight is 435 g/mol. The molecule has 6 aromatic rings. The van der Waals surface area contributed by atoms with Gasteiger partial charge in [0, 0.05) is 22.7 Å². The fourth-order valence-corrected chi connectivity index (χ4v) is 4.20. The maximum atomic E-state index is 13.4. The Hall–Kier alpha value is -4.52. The zero-order valence-electron chi connectivity index (χ0n) is 17.6. The van der Waals surface area contributed by atoms with Crippen molar-refractivity contribution in [2.75, 3.05) is 0 Å². The summed E-state index contributed by atoms with van der Waals surface area (Å²) in [7, 11) is 0. The molecule has 0 atom stereocenters. The van der Waals surface area contributed by atoms with Crippen molar-refractivity contribution < 1.29 is 9.50 Å². The third-order valence-electron chi connectivity index (χ3n) is 5.72. The number of phenolic OH excluding ortho intramolecular Hbond substituents is 1. The number of aryl methyl sites for hydroxylation is 1. The molecule has 0 saturated heterocycles. The molecule has 0 fully saturated rings. The van der Waals surface area contributed by atoms with Crippen molar-refractivity contribution in [2.24, 2.45) is 0 Å². The molecule has 0 unspecified atom stereocenters. The highest BCUT2D eigenvalue weighted by atomic mass is 19.1. The highest BCUT2D eigenvalue weighted by molar-refractivity contribution is 6.00. The van der Waals surface area contributed by atoms with E-state index in [1.807, 2.05) is 31.2 Å². The summed E-state index contributed by atoms with van der Waals surface area (Å²) in [6.45, 7) is 1.93. The smallest absolute Gasteiger partial charge is 0.135 e. The van der Waals surface area contributed by atoms with E-state index in [0.717, 1.165) is 55.6 Å². The summed E-state index contributed by atoms with van der Waals surface area (Å²) in [5.74, 6) is -0.0730. The second kappa shape index (κ2) is 7.27. The Balaban J connectivity index is 1.50. The number of nitrogens with one attached hydrogen (secondary N) is 2. The Morgan fingerprint density at radius 1 is 0.879 bits per heavy atom. The third kappa shape index (κ3) is 3.30. The molecule has 4 aromatic heterocycles. The van der Waals surface area contributed by atoms with Crippen LogP contribution in [0.5, 0.6) is 5.75 Å². The maximum absolute atomic E-state index is 13.4. The van der Waals surface area contributed by atoms with Crippen LogP contribution in [0.1, 0.15) is 5.56 Å². The lowest BCUT2D eigenvalue weighted by Gasteiger charge is -2.04. The Morgan fingerprint density at radius 2 is 1.73 bits per heavy atom. The van der Waals surface area contributed by atoms with Gasteiger partial charge in [-0.3, -0.25) is 10.1 Å². The predicted octanol–water partition coefficient (Wildman–Crippen LogP) is 5.99. The fraction of sp³-hybridized carbons (Fsp3) is 0.0385. The van der Waals surface area contributed by atoms with Crippen molar-refractivity contribution in [1.82, 2.24) is 25.1 Å². The van der Waals surface area contributed by atoms with Crippen LogP contribution in [0.15, 0.2) is 73.1 Å². The molecular weight excluding hydrogens is 417 g/mol. The standard InChI is InChI=1S/C26H18FN5O/c1-14-8-16(10-18(33)9-14)21-6-7-22-25(30-21)26(32-31-22)23-11-19-20(12-28-13-24(19)29-23)15-2-4-17(27)5-3-15/h2-13,29,33H,1H3,(H,31,32). The van der Waals surface area contributed by atoms with Gasteiger partial charge in [-0.15, -0.1) is 0 Å². The van der Waals surface area contributed by atoms with E-state index in [4.69, 9.17) is 4.98 Å². The summed E-state index contributed by atoms with van der Waals surface area (Å²) in [5, 5.41) is 18.5. The van der Waals surface area contributed by atoms with Gasteiger partial charge >= 0.3 is 0 Å². The van der Waals surface area contributed by atoms with Crippen LogP contribution in [0.4, 0.5) is 4.39 Å². The normalized spacial score (nSPS) is 11.5. The molecule has 0 bridgehead atoms. The first-order chi connectivity index (χ1) is 16.0. The molecule has 0 spiro atoms. The van der Waals surface area contributed by atoms with E-state index in [0.29, 0.717) is 5.69 Å². The van der Waals surface area contributed by atoms with Gasteiger partial charge in [-0.25, -0.2) is 9.37 Å². The molecule has 4 heterocycles. The zero-order chi connectivity index (χ0) is 22.5. The highest BCUT2D eigenvalue weighted by Gasteiger charge is 2.16. The van der Waals surface area contributed by atoms with E-state index in [1.165, 1.54) is 12.1 Å². The van der Waals surface area contributed by atoms with Gasteiger partial charge in [0.05, 0.1) is 28.6 Å². The molecule has 6 rings (SSSR count).